The molecule has 1 atom stereocenters. The van der Waals surface area contributed by atoms with Gasteiger partial charge in [0.25, 0.3) is 0 Å². The van der Waals surface area contributed by atoms with Crippen LogP contribution in [-0.2, 0) is 13.0 Å². The van der Waals surface area contributed by atoms with E-state index in [4.69, 9.17) is 0 Å². The predicted octanol–water partition coefficient (Wildman–Crippen LogP) is 2.18. The van der Waals surface area contributed by atoms with Crippen LogP contribution in [0.15, 0.2) is 18.2 Å². The summed E-state index contributed by atoms with van der Waals surface area (Å²) in [6.07, 6.45) is 0.934. The topological polar surface area (TPSA) is 15.3 Å². The van der Waals surface area contributed by atoms with Crippen molar-refractivity contribution < 1.29 is 4.39 Å². The van der Waals surface area contributed by atoms with E-state index in [0.29, 0.717) is 12.6 Å². The van der Waals surface area contributed by atoms with Gasteiger partial charge in [-0.15, -0.1) is 0 Å². The Morgan fingerprint density at radius 3 is 2.82 bits per heavy atom. The molecule has 1 N–H and O–H groups in total. The highest BCUT2D eigenvalue weighted by Crippen LogP contribution is 2.19. The molecule has 1 unspecified atom stereocenters. The van der Waals surface area contributed by atoms with E-state index in [-0.39, 0.29) is 5.82 Å². The van der Waals surface area contributed by atoms with Crippen molar-refractivity contribution in [1.82, 2.24) is 10.2 Å². The van der Waals surface area contributed by atoms with Gasteiger partial charge in [-0.25, -0.2) is 4.39 Å². The normalized spacial score (nSPS) is 19.4. The molecule has 17 heavy (non-hydrogen) atoms. The Hall–Kier alpha value is -0.930. The minimum Gasteiger partial charge on any atom is -0.308 e. The molecule has 0 spiro atoms. The molecular formula is C14H21FN2. The number of nitrogens with zero attached hydrogens (tertiary/aromatic N) is 1. The van der Waals surface area contributed by atoms with E-state index in [2.05, 4.69) is 30.1 Å². The highest BCUT2D eigenvalue weighted by atomic mass is 19.1. The summed E-state index contributed by atoms with van der Waals surface area (Å²) in [5.41, 5.74) is 2.02. The second-order valence-electron chi connectivity index (χ2n) is 4.65. The van der Waals surface area contributed by atoms with Crippen LogP contribution < -0.4 is 5.32 Å². The van der Waals surface area contributed by atoms with Gasteiger partial charge in [-0.2, -0.15) is 0 Å². The van der Waals surface area contributed by atoms with Crippen LogP contribution in [0.3, 0.4) is 0 Å². The highest BCUT2D eigenvalue weighted by Gasteiger charge is 2.21. The highest BCUT2D eigenvalue weighted by molar-refractivity contribution is 5.31. The first-order valence-electron chi connectivity index (χ1n) is 6.46. The van der Waals surface area contributed by atoms with Gasteiger partial charge >= 0.3 is 0 Å². The first-order valence-corrected chi connectivity index (χ1v) is 6.46. The quantitative estimate of drug-likeness (QED) is 0.862. The molecule has 0 amide bonds. The Morgan fingerprint density at radius 2 is 2.12 bits per heavy atom. The molecule has 0 aliphatic carbocycles. The van der Waals surface area contributed by atoms with Gasteiger partial charge in [0.15, 0.2) is 0 Å². The molecule has 0 aromatic heterocycles. The molecule has 0 saturated heterocycles. The van der Waals surface area contributed by atoms with Crippen molar-refractivity contribution >= 4 is 0 Å². The number of fused-ring (bicyclic) bond motifs is 1. The zero-order chi connectivity index (χ0) is 12.3. The fourth-order valence-electron chi connectivity index (χ4n) is 2.50. The van der Waals surface area contributed by atoms with Crippen LogP contribution in [0.5, 0.6) is 0 Å². The number of halogens is 1. The summed E-state index contributed by atoms with van der Waals surface area (Å²) in [5, 5.41) is 3.43. The van der Waals surface area contributed by atoms with E-state index in [9.17, 15) is 4.39 Å². The van der Waals surface area contributed by atoms with Crippen LogP contribution in [0.1, 0.15) is 25.0 Å². The molecule has 0 radical (unpaired) electrons. The summed E-state index contributed by atoms with van der Waals surface area (Å²) in [6, 6.07) is 5.86. The fourth-order valence-corrected chi connectivity index (χ4v) is 2.50. The third-order valence-corrected chi connectivity index (χ3v) is 3.62. The van der Waals surface area contributed by atoms with Gasteiger partial charge in [0.2, 0.25) is 0 Å². The molecule has 0 fully saturated rings. The summed E-state index contributed by atoms with van der Waals surface area (Å²) >= 11 is 0. The lowest BCUT2D eigenvalue weighted by atomic mass is 9.95. The molecule has 1 aliphatic heterocycles. The van der Waals surface area contributed by atoms with Crippen molar-refractivity contribution in [2.24, 2.45) is 0 Å². The van der Waals surface area contributed by atoms with Gasteiger partial charge in [-0.3, -0.25) is 0 Å². The molecule has 94 valence electrons. The number of hydrogen-bond donors (Lipinski definition) is 1. The second kappa shape index (κ2) is 5.61. The van der Waals surface area contributed by atoms with E-state index in [1.54, 1.807) is 6.07 Å². The van der Waals surface area contributed by atoms with Crippen molar-refractivity contribution in [3.8, 4) is 0 Å². The zero-order valence-corrected chi connectivity index (χ0v) is 10.7. The third-order valence-electron chi connectivity index (χ3n) is 3.62. The number of hydrogen-bond acceptors (Lipinski definition) is 2. The van der Waals surface area contributed by atoms with E-state index >= 15 is 0 Å². The number of nitrogens with one attached hydrogen (secondary N) is 1. The van der Waals surface area contributed by atoms with Crippen LogP contribution in [0.2, 0.25) is 0 Å². The monoisotopic (exact) mass is 236 g/mol. The van der Waals surface area contributed by atoms with Gasteiger partial charge in [0.05, 0.1) is 0 Å². The molecule has 2 nitrogen and oxygen atoms in total. The molecule has 1 aromatic carbocycles. The zero-order valence-electron chi connectivity index (χ0n) is 10.7. The molecule has 1 aliphatic rings. The summed E-state index contributed by atoms with van der Waals surface area (Å²) in [5.74, 6) is -0.0729. The first-order chi connectivity index (χ1) is 8.24. The lowest BCUT2D eigenvalue weighted by molar-refractivity contribution is 0.257. The van der Waals surface area contributed by atoms with Crippen LogP contribution >= 0.6 is 0 Å². The third kappa shape index (κ3) is 2.85. The van der Waals surface area contributed by atoms with Crippen LogP contribution in [0.4, 0.5) is 4.39 Å². The average Bonchev–Trinajstić information content (AvgIpc) is 2.36. The summed E-state index contributed by atoms with van der Waals surface area (Å²) in [7, 11) is 0. The standard InChI is InChI=1S/C14H21FN2/c1-3-17(4-2)10-12-8-11-6-5-7-14(15)13(11)9-16-12/h5-7,12,16H,3-4,8-10H2,1-2H3. The average molecular weight is 236 g/mol. The van der Waals surface area contributed by atoms with Crippen LogP contribution in [0, 0.1) is 5.82 Å². The maximum atomic E-state index is 13.5. The molecule has 3 heteroatoms. The molecule has 1 aromatic rings. The van der Waals surface area contributed by atoms with Gasteiger partial charge in [-0.1, -0.05) is 26.0 Å². The Kier molecular flexibility index (Phi) is 4.13. The van der Waals surface area contributed by atoms with Crippen molar-refractivity contribution in [2.45, 2.75) is 32.9 Å². The van der Waals surface area contributed by atoms with Crippen molar-refractivity contribution in [3.05, 3.63) is 35.1 Å². The first kappa shape index (κ1) is 12.5. The van der Waals surface area contributed by atoms with E-state index in [0.717, 1.165) is 31.6 Å². The van der Waals surface area contributed by atoms with Crippen LogP contribution in [-0.4, -0.2) is 30.6 Å². The van der Waals surface area contributed by atoms with E-state index in [1.165, 1.54) is 5.56 Å². The summed E-state index contributed by atoms with van der Waals surface area (Å²) in [6.45, 7) is 8.21. The van der Waals surface area contributed by atoms with Crippen molar-refractivity contribution in [2.75, 3.05) is 19.6 Å². The molecule has 0 saturated carbocycles. The lowest BCUT2D eigenvalue weighted by Gasteiger charge is -2.30. The maximum absolute atomic E-state index is 13.5. The summed E-state index contributed by atoms with van der Waals surface area (Å²) < 4.78 is 13.5. The Balaban J connectivity index is 2.03. The van der Waals surface area contributed by atoms with Crippen molar-refractivity contribution in [3.63, 3.8) is 0 Å². The SMILES string of the molecule is CCN(CC)CC1Cc2cccc(F)c2CN1. The van der Waals surface area contributed by atoms with Crippen molar-refractivity contribution in [1.29, 1.82) is 0 Å². The molecule has 2 rings (SSSR count). The number of benzene rings is 1. The predicted molar refractivity (Wildman–Crippen MR) is 68.5 cm³/mol. The largest absolute Gasteiger partial charge is 0.308 e. The second-order valence-corrected chi connectivity index (χ2v) is 4.65. The molecule has 0 bridgehead atoms. The Labute approximate surface area is 103 Å². The minimum atomic E-state index is -0.0729. The summed E-state index contributed by atoms with van der Waals surface area (Å²) in [4.78, 5) is 2.40. The lowest BCUT2D eigenvalue weighted by Crippen LogP contribution is -2.44. The Bertz CT molecular complexity index is 374. The maximum Gasteiger partial charge on any atom is 0.127 e. The number of likely N-dealkylation sites (N-methyl/N-ethyl adjacent to an activating group) is 1. The smallest absolute Gasteiger partial charge is 0.127 e. The Morgan fingerprint density at radius 1 is 1.35 bits per heavy atom. The van der Waals surface area contributed by atoms with Gasteiger partial charge in [-0.05, 0) is 31.1 Å². The van der Waals surface area contributed by atoms with Gasteiger partial charge in [0.1, 0.15) is 5.82 Å². The van der Waals surface area contributed by atoms with E-state index < -0.39 is 0 Å². The van der Waals surface area contributed by atoms with E-state index in [1.807, 2.05) is 6.07 Å². The fraction of sp³-hybridized carbons (Fsp3) is 0.571. The molecule has 1 heterocycles. The molecular weight excluding hydrogens is 215 g/mol. The van der Waals surface area contributed by atoms with Gasteiger partial charge < -0.3 is 10.2 Å². The minimum absolute atomic E-state index is 0.0729. The number of rotatable bonds is 4. The van der Waals surface area contributed by atoms with Gasteiger partial charge in [0, 0.05) is 24.7 Å². The van der Waals surface area contributed by atoms with Crippen LogP contribution in [0.25, 0.3) is 0 Å².